The highest BCUT2D eigenvalue weighted by atomic mass is 16.6. The predicted octanol–water partition coefficient (Wildman–Crippen LogP) is 2.99. The molecule has 0 aliphatic heterocycles. The van der Waals surface area contributed by atoms with Crippen LogP contribution < -0.4 is 5.32 Å². The van der Waals surface area contributed by atoms with Gasteiger partial charge in [-0.05, 0) is 33.6 Å². The number of rotatable bonds is 2. The second-order valence-electron chi connectivity index (χ2n) is 6.35. The third-order valence-electron chi connectivity index (χ3n) is 3.24. The number of aliphatic hydroxyl groups is 1. The minimum Gasteiger partial charge on any atom is -0.444 e. The van der Waals surface area contributed by atoms with Crippen molar-refractivity contribution >= 4 is 6.09 Å². The summed E-state index contributed by atoms with van der Waals surface area (Å²) in [5.74, 6) is 0. The summed E-state index contributed by atoms with van der Waals surface area (Å²) >= 11 is 0. The van der Waals surface area contributed by atoms with E-state index in [1.165, 1.54) is 19.3 Å². The van der Waals surface area contributed by atoms with Crippen molar-refractivity contribution in [3.05, 3.63) is 0 Å². The fraction of sp³-hybridized carbons (Fsp3) is 0.929. The summed E-state index contributed by atoms with van der Waals surface area (Å²) in [7, 11) is 0. The van der Waals surface area contributed by atoms with Crippen LogP contribution in [0.3, 0.4) is 0 Å². The van der Waals surface area contributed by atoms with E-state index in [1.54, 1.807) is 0 Å². The monoisotopic (exact) mass is 257 g/mol. The highest BCUT2D eigenvalue weighted by molar-refractivity contribution is 5.67. The first-order valence-electron chi connectivity index (χ1n) is 7.00. The summed E-state index contributed by atoms with van der Waals surface area (Å²) in [6.45, 7) is 5.78. The molecule has 4 nitrogen and oxygen atoms in total. The van der Waals surface area contributed by atoms with Crippen molar-refractivity contribution in [2.45, 2.75) is 76.9 Å². The van der Waals surface area contributed by atoms with Gasteiger partial charge < -0.3 is 15.2 Å². The molecule has 1 saturated carbocycles. The van der Waals surface area contributed by atoms with Crippen molar-refractivity contribution in [3.8, 4) is 0 Å². The van der Waals surface area contributed by atoms with E-state index in [-0.39, 0.29) is 0 Å². The molecule has 0 heterocycles. The first kappa shape index (κ1) is 15.3. The number of amides is 1. The Morgan fingerprint density at radius 1 is 1.17 bits per heavy atom. The van der Waals surface area contributed by atoms with E-state index < -0.39 is 17.3 Å². The Balaban J connectivity index is 2.37. The molecule has 0 saturated heterocycles. The molecule has 0 aromatic carbocycles. The Morgan fingerprint density at radius 3 is 2.17 bits per heavy atom. The van der Waals surface area contributed by atoms with Crippen molar-refractivity contribution in [3.63, 3.8) is 0 Å². The van der Waals surface area contributed by atoms with Gasteiger partial charge in [-0.1, -0.05) is 32.1 Å². The minimum absolute atomic E-state index is 0.294. The fourth-order valence-electron chi connectivity index (χ4n) is 2.29. The van der Waals surface area contributed by atoms with Gasteiger partial charge in [0.2, 0.25) is 0 Å². The number of carbonyl (C=O) groups excluding carboxylic acids is 1. The number of hydrogen-bond acceptors (Lipinski definition) is 3. The van der Waals surface area contributed by atoms with Gasteiger partial charge in [0.1, 0.15) is 5.60 Å². The lowest BCUT2D eigenvalue weighted by Gasteiger charge is -2.30. The average Bonchev–Trinajstić information content (AvgIpc) is 2.19. The van der Waals surface area contributed by atoms with Crippen LogP contribution in [-0.4, -0.2) is 28.9 Å². The summed E-state index contributed by atoms with van der Waals surface area (Å²) < 4.78 is 5.17. The lowest BCUT2D eigenvalue weighted by Crippen LogP contribution is -2.44. The van der Waals surface area contributed by atoms with Gasteiger partial charge in [0.25, 0.3) is 0 Å². The zero-order valence-electron chi connectivity index (χ0n) is 11.9. The van der Waals surface area contributed by atoms with E-state index in [0.29, 0.717) is 6.54 Å². The zero-order chi connectivity index (χ0) is 13.6. The molecular formula is C14H27NO3. The van der Waals surface area contributed by atoms with Crippen LogP contribution in [0.5, 0.6) is 0 Å². The van der Waals surface area contributed by atoms with Gasteiger partial charge in [-0.3, -0.25) is 0 Å². The van der Waals surface area contributed by atoms with Crippen LogP contribution in [0.4, 0.5) is 4.79 Å². The lowest BCUT2D eigenvalue weighted by atomic mass is 9.87. The molecule has 0 atom stereocenters. The van der Waals surface area contributed by atoms with Gasteiger partial charge in [-0.2, -0.15) is 0 Å². The molecule has 1 fully saturated rings. The van der Waals surface area contributed by atoms with Crippen LogP contribution >= 0.6 is 0 Å². The van der Waals surface area contributed by atoms with Gasteiger partial charge in [0, 0.05) is 6.54 Å². The van der Waals surface area contributed by atoms with Crippen LogP contribution in [0.15, 0.2) is 0 Å². The molecule has 0 spiro atoms. The Bertz CT molecular complexity index is 263. The van der Waals surface area contributed by atoms with Crippen LogP contribution in [0.1, 0.15) is 65.7 Å². The predicted molar refractivity (Wildman–Crippen MR) is 71.5 cm³/mol. The summed E-state index contributed by atoms with van der Waals surface area (Å²) in [6, 6.07) is 0. The van der Waals surface area contributed by atoms with Crippen LogP contribution in [0, 0.1) is 0 Å². The average molecular weight is 257 g/mol. The summed E-state index contributed by atoms with van der Waals surface area (Å²) in [5, 5.41) is 13.1. The third-order valence-corrected chi connectivity index (χ3v) is 3.24. The summed E-state index contributed by atoms with van der Waals surface area (Å²) in [4.78, 5) is 11.6. The number of carbonyl (C=O) groups is 1. The molecule has 1 aliphatic carbocycles. The van der Waals surface area contributed by atoms with E-state index in [0.717, 1.165) is 25.7 Å². The number of alkyl carbamates (subject to hydrolysis) is 1. The molecule has 1 amide bonds. The van der Waals surface area contributed by atoms with E-state index in [2.05, 4.69) is 5.32 Å². The quantitative estimate of drug-likeness (QED) is 0.799. The van der Waals surface area contributed by atoms with E-state index >= 15 is 0 Å². The third kappa shape index (κ3) is 6.24. The molecule has 0 aromatic heterocycles. The minimum atomic E-state index is -0.753. The van der Waals surface area contributed by atoms with Gasteiger partial charge >= 0.3 is 6.09 Å². The molecular weight excluding hydrogens is 230 g/mol. The highest BCUT2D eigenvalue weighted by Gasteiger charge is 2.28. The molecule has 18 heavy (non-hydrogen) atoms. The first-order valence-corrected chi connectivity index (χ1v) is 7.00. The standard InChI is InChI=1S/C14H27NO3/c1-13(2,3)18-12(16)15-11-14(17)9-7-5-4-6-8-10-14/h17H,4-11H2,1-3H3,(H,15,16). The zero-order valence-corrected chi connectivity index (χ0v) is 11.9. The second-order valence-corrected chi connectivity index (χ2v) is 6.35. The summed E-state index contributed by atoms with van der Waals surface area (Å²) in [6.07, 6.45) is 6.77. The van der Waals surface area contributed by atoms with Crippen LogP contribution in [-0.2, 0) is 4.74 Å². The molecule has 106 valence electrons. The van der Waals surface area contributed by atoms with Gasteiger partial charge in [-0.15, -0.1) is 0 Å². The smallest absolute Gasteiger partial charge is 0.407 e. The molecule has 0 aromatic rings. The molecule has 0 bridgehead atoms. The molecule has 0 unspecified atom stereocenters. The van der Waals surface area contributed by atoms with Crippen molar-refractivity contribution in [2.24, 2.45) is 0 Å². The Labute approximate surface area is 110 Å². The van der Waals surface area contributed by atoms with E-state index in [4.69, 9.17) is 4.74 Å². The maximum absolute atomic E-state index is 11.6. The topological polar surface area (TPSA) is 58.6 Å². The van der Waals surface area contributed by atoms with Crippen LogP contribution in [0.25, 0.3) is 0 Å². The first-order chi connectivity index (χ1) is 8.31. The van der Waals surface area contributed by atoms with Crippen LogP contribution in [0.2, 0.25) is 0 Å². The highest BCUT2D eigenvalue weighted by Crippen LogP contribution is 2.25. The molecule has 1 rings (SSSR count). The Morgan fingerprint density at radius 2 is 1.67 bits per heavy atom. The molecule has 1 aliphatic rings. The maximum atomic E-state index is 11.6. The number of nitrogens with one attached hydrogen (secondary N) is 1. The number of ether oxygens (including phenoxy) is 1. The largest absolute Gasteiger partial charge is 0.444 e. The van der Waals surface area contributed by atoms with Crippen molar-refractivity contribution in [1.82, 2.24) is 5.32 Å². The maximum Gasteiger partial charge on any atom is 0.407 e. The SMILES string of the molecule is CC(C)(C)OC(=O)NCC1(O)CCCCCCC1. The lowest BCUT2D eigenvalue weighted by molar-refractivity contribution is 0.00644. The van der Waals surface area contributed by atoms with Crippen molar-refractivity contribution < 1.29 is 14.6 Å². The normalized spacial score (nSPS) is 20.7. The Kier molecular flexibility index (Phi) is 5.45. The van der Waals surface area contributed by atoms with E-state index in [9.17, 15) is 9.90 Å². The van der Waals surface area contributed by atoms with Gasteiger partial charge in [0.15, 0.2) is 0 Å². The molecule has 4 heteroatoms. The van der Waals surface area contributed by atoms with Crippen molar-refractivity contribution in [1.29, 1.82) is 0 Å². The number of hydrogen-bond donors (Lipinski definition) is 2. The van der Waals surface area contributed by atoms with Gasteiger partial charge in [0.05, 0.1) is 5.60 Å². The fourth-order valence-corrected chi connectivity index (χ4v) is 2.29. The second kappa shape index (κ2) is 6.41. The van der Waals surface area contributed by atoms with Gasteiger partial charge in [-0.25, -0.2) is 4.79 Å². The summed E-state index contributed by atoms with van der Waals surface area (Å²) in [5.41, 5.74) is -1.25. The molecule has 0 radical (unpaired) electrons. The Hall–Kier alpha value is -0.770. The van der Waals surface area contributed by atoms with E-state index in [1.807, 2.05) is 20.8 Å². The molecule has 2 N–H and O–H groups in total. The van der Waals surface area contributed by atoms with Crippen molar-refractivity contribution in [2.75, 3.05) is 6.54 Å².